The lowest BCUT2D eigenvalue weighted by Crippen LogP contribution is -2.49. The van der Waals surface area contributed by atoms with Gasteiger partial charge in [-0.1, -0.05) is 0 Å². The third-order valence-corrected chi connectivity index (χ3v) is 5.94. The number of hydrogen-bond acceptors (Lipinski definition) is 6. The molecule has 3 heterocycles. The fourth-order valence-corrected chi connectivity index (χ4v) is 3.86. The first kappa shape index (κ1) is 19.7. The molecule has 0 atom stereocenters. The van der Waals surface area contributed by atoms with Gasteiger partial charge in [-0.2, -0.15) is 4.98 Å². The average molecular weight is 427 g/mol. The maximum Gasteiger partial charge on any atom is 0.291 e. The molecule has 1 aliphatic carbocycles. The Kier molecular flexibility index (Phi) is 4.56. The number of halogens is 2. The standard InChI is InChI=1S/C22H23F2N5O2/c1-13-11-15-18(27-22(2)5-6-22)25-19(26-20(15)31-13)21(30)29-9-7-28(8-10-29)17-4-3-14(23)12-16(17)24/h3-4,11-12H,5-10H2,1-2H3,(H,25,26,27). The maximum absolute atomic E-state index is 14.1. The number of hydrogen-bond donors (Lipinski definition) is 1. The SMILES string of the molecule is Cc1cc2c(NC3(C)CC3)nc(C(=O)N3CCN(c4ccc(F)cc4F)CC3)nc2o1. The summed E-state index contributed by atoms with van der Waals surface area (Å²) in [6.07, 6.45) is 2.08. The number of furan rings is 1. The Morgan fingerprint density at radius 1 is 1.13 bits per heavy atom. The van der Waals surface area contributed by atoms with Crippen LogP contribution in [0.4, 0.5) is 20.3 Å². The predicted molar refractivity (Wildman–Crippen MR) is 112 cm³/mol. The summed E-state index contributed by atoms with van der Waals surface area (Å²) in [7, 11) is 0. The van der Waals surface area contributed by atoms with Crippen molar-refractivity contribution in [1.82, 2.24) is 14.9 Å². The number of carbonyl (C=O) groups excluding carboxylic acids is 1. The van der Waals surface area contributed by atoms with E-state index in [0.717, 1.165) is 24.3 Å². The number of piperazine rings is 1. The second-order valence-corrected chi connectivity index (χ2v) is 8.53. The van der Waals surface area contributed by atoms with E-state index in [-0.39, 0.29) is 17.3 Å². The maximum atomic E-state index is 14.1. The van der Waals surface area contributed by atoms with Gasteiger partial charge in [-0.05, 0) is 44.9 Å². The van der Waals surface area contributed by atoms with Crippen molar-refractivity contribution in [1.29, 1.82) is 0 Å². The number of amides is 1. The van der Waals surface area contributed by atoms with Gasteiger partial charge >= 0.3 is 0 Å². The first-order chi connectivity index (χ1) is 14.8. The second kappa shape index (κ2) is 7.18. The zero-order chi connectivity index (χ0) is 21.8. The summed E-state index contributed by atoms with van der Waals surface area (Å²) < 4.78 is 33.0. The lowest BCUT2D eigenvalue weighted by molar-refractivity contribution is 0.0734. The molecule has 1 amide bonds. The molecule has 3 aromatic rings. The van der Waals surface area contributed by atoms with E-state index >= 15 is 0 Å². The fourth-order valence-electron chi connectivity index (χ4n) is 3.86. The van der Waals surface area contributed by atoms with Crippen molar-refractivity contribution in [2.45, 2.75) is 32.2 Å². The average Bonchev–Trinajstić information content (AvgIpc) is 3.33. The van der Waals surface area contributed by atoms with Crippen LogP contribution in [0.3, 0.4) is 0 Å². The molecule has 2 fully saturated rings. The van der Waals surface area contributed by atoms with E-state index in [1.165, 1.54) is 12.1 Å². The summed E-state index contributed by atoms with van der Waals surface area (Å²) in [6, 6.07) is 5.40. The van der Waals surface area contributed by atoms with Crippen LogP contribution < -0.4 is 10.2 Å². The smallest absolute Gasteiger partial charge is 0.291 e. The molecule has 7 nitrogen and oxygen atoms in total. The van der Waals surface area contributed by atoms with Crippen molar-refractivity contribution < 1.29 is 18.0 Å². The molecule has 0 unspecified atom stereocenters. The summed E-state index contributed by atoms with van der Waals surface area (Å²) in [5.74, 6) is -0.120. The van der Waals surface area contributed by atoms with Crippen molar-refractivity contribution in [3.05, 3.63) is 47.5 Å². The molecule has 0 radical (unpaired) electrons. The van der Waals surface area contributed by atoms with Crippen LogP contribution in [0.25, 0.3) is 11.1 Å². The summed E-state index contributed by atoms with van der Waals surface area (Å²) in [5.41, 5.74) is 0.702. The molecule has 1 saturated heterocycles. The van der Waals surface area contributed by atoms with Crippen molar-refractivity contribution in [3.8, 4) is 0 Å². The van der Waals surface area contributed by atoms with Crippen molar-refractivity contribution in [2.75, 3.05) is 36.4 Å². The number of anilines is 2. The van der Waals surface area contributed by atoms with E-state index < -0.39 is 11.6 Å². The number of benzene rings is 1. The van der Waals surface area contributed by atoms with E-state index in [0.29, 0.717) is 49.2 Å². The fraction of sp³-hybridized carbons (Fsp3) is 0.409. The number of fused-ring (bicyclic) bond motifs is 1. The second-order valence-electron chi connectivity index (χ2n) is 8.53. The first-order valence-corrected chi connectivity index (χ1v) is 10.4. The molecule has 2 aliphatic rings. The Balaban J connectivity index is 1.35. The molecule has 1 aromatic carbocycles. The first-order valence-electron chi connectivity index (χ1n) is 10.4. The van der Waals surface area contributed by atoms with Crippen LogP contribution in [0.1, 0.15) is 36.1 Å². The number of nitrogens with zero attached hydrogens (tertiary/aromatic N) is 4. The number of aromatic nitrogens is 2. The van der Waals surface area contributed by atoms with E-state index in [4.69, 9.17) is 4.42 Å². The molecule has 5 rings (SSSR count). The van der Waals surface area contributed by atoms with Gasteiger partial charge in [0.15, 0.2) is 0 Å². The third-order valence-electron chi connectivity index (χ3n) is 5.94. The Labute approximate surface area is 178 Å². The van der Waals surface area contributed by atoms with Gasteiger partial charge in [-0.15, -0.1) is 0 Å². The summed E-state index contributed by atoms with van der Waals surface area (Å²) in [6.45, 7) is 5.57. The van der Waals surface area contributed by atoms with Gasteiger partial charge in [-0.3, -0.25) is 4.79 Å². The Morgan fingerprint density at radius 2 is 1.87 bits per heavy atom. The molecule has 1 aliphatic heterocycles. The minimum absolute atomic E-state index is 0.0162. The van der Waals surface area contributed by atoms with Crippen LogP contribution in [0.5, 0.6) is 0 Å². The van der Waals surface area contributed by atoms with Crippen LogP contribution in [-0.2, 0) is 0 Å². The summed E-state index contributed by atoms with van der Waals surface area (Å²) in [5, 5.41) is 4.19. The minimum atomic E-state index is -0.611. The van der Waals surface area contributed by atoms with E-state index in [1.807, 2.05) is 13.0 Å². The summed E-state index contributed by atoms with van der Waals surface area (Å²) >= 11 is 0. The van der Waals surface area contributed by atoms with E-state index in [1.54, 1.807) is 9.80 Å². The highest BCUT2D eigenvalue weighted by Crippen LogP contribution is 2.39. The monoisotopic (exact) mass is 427 g/mol. The highest BCUT2D eigenvalue weighted by Gasteiger charge is 2.38. The highest BCUT2D eigenvalue weighted by atomic mass is 19.1. The van der Waals surface area contributed by atoms with Gasteiger partial charge < -0.3 is 19.5 Å². The normalized spacial score (nSPS) is 17.8. The van der Waals surface area contributed by atoms with Gasteiger partial charge in [0.1, 0.15) is 23.2 Å². The third kappa shape index (κ3) is 3.80. The Hall–Kier alpha value is -3.23. The number of nitrogens with one attached hydrogen (secondary N) is 1. The number of carbonyl (C=O) groups is 1. The van der Waals surface area contributed by atoms with Gasteiger partial charge in [-0.25, -0.2) is 13.8 Å². The minimum Gasteiger partial charge on any atom is -0.443 e. The van der Waals surface area contributed by atoms with Crippen LogP contribution in [0.15, 0.2) is 28.7 Å². The van der Waals surface area contributed by atoms with E-state index in [2.05, 4.69) is 22.2 Å². The predicted octanol–water partition coefficient (Wildman–Crippen LogP) is 3.74. The zero-order valence-corrected chi connectivity index (χ0v) is 17.4. The van der Waals surface area contributed by atoms with Crippen LogP contribution in [0, 0.1) is 18.6 Å². The van der Waals surface area contributed by atoms with Crippen LogP contribution in [0.2, 0.25) is 0 Å². The van der Waals surface area contributed by atoms with Crippen molar-refractivity contribution in [3.63, 3.8) is 0 Å². The molecule has 9 heteroatoms. The molecule has 31 heavy (non-hydrogen) atoms. The van der Waals surface area contributed by atoms with Crippen molar-refractivity contribution >= 4 is 28.5 Å². The number of aryl methyl sites for hydroxylation is 1. The molecule has 162 valence electrons. The topological polar surface area (TPSA) is 74.5 Å². The lowest BCUT2D eigenvalue weighted by atomic mass is 10.2. The summed E-state index contributed by atoms with van der Waals surface area (Å²) in [4.78, 5) is 25.5. The molecule has 1 saturated carbocycles. The van der Waals surface area contributed by atoms with Gasteiger partial charge in [0.25, 0.3) is 5.91 Å². The Morgan fingerprint density at radius 3 is 2.55 bits per heavy atom. The zero-order valence-electron chi connectivity index (χ0n) is 17.4. The van der Waals surface area contributed by atoms with Crippen molar-refractivity contribution in [2.24, 2.45) is 0 Å². The largest absolute Gasteiger partial charge is 0.443 e. The highest BCUT2D eigenvalue weighted by molar-refractivity contribution is 5.95. The van der Waals surface area contributed by atoms with Gasteiger partial charge in [0.05, 0.1) is 11.1 Å². The number of rotatable bonds is 4. The lowest BCUT2D eigenvalue weighted by Gasteiger charge is -2.35. The van der Waals surface area contributed by atoms with Gasteiger partial charge in [0.2, 0.25) is 11.5 Å². The molecular formula is C22H23F2N5O2. The van der Waals surface area contributed by atoms with Crippen LogP contribution in [-0.4, -0.2) is 52.5 Å². The Bertz CT molecular complexity index is 1170. The molecular weight excluding hydrogens is 404 g/mol. The quantitative estimate of drug-likeness (QED) is 0.684. The molecule has 2 aromatic heterocycles. The molecule has 1 N–H and O–H groups in total. The molecule has 0 spiro atoms. The van der Waals surface area contributed by atoms with E-state index in [9.17, 15) is 13.6 Å². The van der Waals surface area contributed by atoms with Gasteiger partial charge in [0, 0.05) is 37.8 Å². The molecule has 0 bridgehead atoms. The van der Waals surface area contributed by atoms with Crippen LogP contribution >= 0.6 is 0 Å².